The fraction of sp³-hybridized carbons (Fsp3) is 0.500. The molecule has 1 fully saturated rings. The lowest BCUT2D eigenvalue weighted by Crippen LogP contribution is -2.34. The third kappa shape index (κ3) is 5.43. The summed E-state index contributed by atoms with van der Waals surface area (Å²) >= 11 is 0. The molecule has 2 aromatic rings. The highest BCUT2D eigenvalue weighted by molar-refractivity contribution is 5.75. The van der Waals surface area contributed by atoms with Gasteiger partial charge < -0.3 is 9.42 Å². The molecule has 0 saturated carbocycles. The topological polar surface area (TPSA) is 49.6 Å². The minimum atomic E-state index is 0.244. The summed E-state index contributed by atoms with van der Waals surface area (Å²) in [6, 6.07) is 12.1. The molecule has 25 heavy (non-hydrogen) atoms. The van der Waals surface area contributed by atoms with Gasteiger partial charge in [0.25, 0.3) is 0 Å². The third-order valence-corrected chi connectivity index (χ3v) is 5.04. The molecule has 0 N–H and O–H groups in total. The predicted octanol–water partition coefficient (Wildman–Crippen LogP) is 3.33. The Hall–Kier alpha value is -2.14. The van der Waals surface area contributed by atoms with Crippen LogP contribution in [-0.2, 0) is 17.9 Å². The Balaban J connectivity index is 1.35. The van der Waals surface area contributed by atoms with E-state index in [1.807, 2.05) is 36.2 Å². The van der Waals surface area contributed by atoms with E-state index in [9.17, 15) is 4.79 Å². The first-order valence-electron chi connectivity index (χ1n) is 9.10. The van der Waals surface area contributed by atoms with Crippen molar-refractivity contribution in [2.24, 2.45) is 5.92 Å². The Kier molecular flexibility index (Phi) is 6.23. The second-order valence-electron chi connectivity index (χ2n) is 6.98. The molecule has 0 bridgehead atoms. The Morgan fingerprint density at radius 1 is 1.24 bits per heavy atom. The van der Waals surface area contributed by atoms with Gasteiger partial charge >= 0.3 is 0 Å². The van der Waals surface area contributed by atoms with E-state index in [1.54, 1.807) is 6.26 Å². The lowest BCUT2D eigenvalue weighted by Gasteiger charge is -2.31. The smallest absolute Gasteiger partial charge is 0.222 e. The van der Waals surface area contributed by atoms with Gasteiger partial charge in [-0.2, -0.15) is 0 Å². The molecule has 1 saturated heterocycles. The standard InChI is InChI=1S/C20H27N3O2/c1-22(15-18-5-3-2-4-6-18)20(24)8-7-17-9-12-23(13-10-17)16-19-11-14-25-21-19/h2-6,11,14,17H,7-10,12-13,15-16H2,1H3. The molecule has 1 aliphatic heterocycles. The SMILES string of the molecule is CN(Cc1ccccc1)C(=O)CCC1CCN(Cc2ccon2)CC1. The van der Waals surface area contributed by atoms with Crippen LogP contribution in [0.25, 0.3) is 0 Å². The maximum atomic E-state index is 12.4. The van der Waals surface area contributed by atoms with Crippen molar-refractivity contribution < 1.29 is 9.32 Å². The number of amides is 1. The summed E-state index contributed by atoms with van der Waals surface area (Å²) in [5.74, 6) is 0.900. The number of benzene rings is 1. The number of nitrogens with zero attached hydrogens (tertiary/aromatic N) is 3. The van der Waals surface area contributed by atoms with Crippen LogP contribution in [0.5, 0.6) is 0 Å². The first-order chi connectivity index (χ1) is 12.2. The molecule has 3 rings (SSSR count). The fourth-order valence-corrected chi connectivity index (χ4v) is 3.45. The summed E-state index contributed by atoms with van der Waals surface area (Å²) in [7, 11) is 1.90. The molecule has 5 nitrogen and oxygen atoms in total. The van der Waals surface area contributed by atoms with E-state index in [1.165, 1.54) is 5.56 Å². The Morgan fingerprint density at radius 3 is 2.68 bits per heavy atom. The van der Waals surface area contributed by atoms with E-state index >= 15 is 0 Å². The molecule has 0 unspecified atom stereocenters. The first-order valence-corrected chi connectivity index (χ1v) is 9.10. The highest BCUT2D eigenvalue weighted by atomic mass is 16.5. The Bertz CT molecular complexity index is 634. The van der Waals surface area contributed by atoms with Crippen LogP contribution in [0.3, 0.4) is 0 Å². The van der Waals surface area contributed by atoms with Crippen molar-refractivity contribution in [2.75, 3.05) is 20.1 Å². The molecule has 0 spiro atoms. The van der Waals surface area contributed by atoms with Gasteiger partial charge in [-0.15, -0.1) is 0 Å². The monoisotopic (exact) mass is 341 g/mol. The molecule has 1 aromatic carbocycles. The largest absolute Gasteiger partial charge is 0.364 e. The van der Waals surface area contributed by atoms with Crippen LogP contribution in [0.15, 0.2) is 47.2 Å². The maximum Gasteiger partial charge on any atom is 0.222 e. The zero-order valence-electron chi connectivity index (χ0n) is 14.9. The Morgan fingerprint density at radius 2 is 2.00 bits per heavy atom. The van der Waals surface area contributed by atoms with Gasteiger partial charge in [0.05, 0.1) is 5.69 Å². The molecule has 5 heteroatoms. The molecular weight excluding hydrogens is 314 g/mol. The van der Waals surface area contributed by atoms with Crippen LogP contribution >= 0.6 is 0 Å². The van der Waals surface area contributed by atoms with Crippen molar-refractivity contribution in [3.05, 3.63) is 53.9 Å². The summed E-state index contributed by atoms with van der Waals surface area (Å²) in [6.45, 7) is 3.70. The van der Waals surface area contributed by atoms with Gasteiger partial charge in [0.1, 0.15) is 6.26 Å². The lowest BCUT2D eigenvalue weighted by molar-refractivity contribution is -0.130. The quantitative estimate of drug-likeness (QED) is 0.775. The highest BCUT2D eigenvalue weighted by Crippen LogP contribution is 2.23. The van der Waals surface area contributed by atoms with Gasteiger partial charge in [0.2, 0.25) is 5.91 Å². The van der Waals surface area contributed by atoms with Crippen molar-refractivity contribution in [1.29, 1.82) is 0 Å². The molecule has 2 heterocycles. The summed E-state index contributed by atoms with van der Waals surface area (Å²) in [5, 5.41) is 3.98. The van der Waals surface area contributed by atoms with Crippen LogP contribution in [-0.4, -0.2) is 41.0 Å². The van der Waals surface area contributed by atoms with Crippen LogP contribution in [0.4, 0.5) is 0 Å². The molecule has 0 aliphatic carbocycles. The number of carbonyl (C=O) groups is 1. The van der Waals surface area contributed by atoms with Crippen molar-refractivity contribution >= 4 is 5.91 Å². The van der Waals surface area contributed by atoms with Gasteiger partial charge in [-0.3, -0.25) is 9.69 Å². The molecule has 134 valence electrons. The maximum absolute atomic E-state index is 12.4. The molecule has 0 atom stereocenters. The van der Waals surface area contributed by atoms with E-state index in [0.29, 0.717) is 18.9 Å². The average molecular weight is 341 g/mol. The summed E-state index contributed by atoms with van der Waals surface area (Å²) in [6.07, 6.45) is 5.59. The number of hydrogen-bond acceptors (Lipinski definition) is 4. The van der Waals surface area contributed by atoms with E-state index < -0.39 is 0 Å². The van der Waals surface area contributed by atoms with Crippen molar-refractivity contribution in [2.45, 2.75) is 38.8 Å². The van der Waals surface area contributed by atoms with Gasteiger partial charge in [-0.1, -0.05) is 35.5 Å². The second kappa shape index (κ2) is 8.81. The normalized spacial score (nSPS) is 16.0. The number of piperidine rings is 1. The number of aromatic nitrogens is 1. The first kappa shape index (κ1) is 17.7. The van der Waals surface area contributed by atoms with E-state index in [4.69, 9.17) is 4.52 Å². The van der Waals surface area contributed by atoms with E-state index in [2.05, 4.69) is 22.2 Å². The second-order valence-corrected chi connectivity index (χ2v) is 6.98. The number of carbonyl (C=O) groups excluding carboxylic acids is 1. The van der Waals surface area contributed by atoms with Crippen LogP contribution in [0.1, 0.15) is 36.9 Å². The van der Waals surface area contributed by atoms with E-state index in [0.717, 1.165) is 44.6 Å². The van der Waals surface area contributed by atoms with Crippen molar-refractivity contribution in [3.8, 4) is 0 Å². The molecular formula is C20H27N3O2. The third-order valence-electron chi connectivity index (χ3n) is 5.04. The molecule has 1 aromatic heterocycles. The average Bonchev–Trinajstić information content (AvgIpc) is 3.14. The summed E-state index contributed by atoms with van der Waals surface area (Å²) in [5.41, 5.74) is 2.18. The zero-order chi connectivity index (χ0) is 17.5. The number of rotatable bonds is 7. The molecule has 0 radical (unpaired) electrons. The van der Waals surface area contributed by atoms with Crippen LogP contribution in [0, 0.1) is 5.92 Å². The minimum absolute atomic E-state index is 0.244. The van der Waals surface area contributed by atoms with E-state index in [-0.39, 0.29) is 5.91 Å². The minimum Gasteiger partial charge on any atom is -0.364 e. The van der Waals surface area contributed by atoms with Gasteiger partial charge in [-0.05, 0) is 43.8 Å². The van der Waals surface area contributed by atoms with Crippen LogP contribution in [0.2, 0.25) is 0 Å². The van der Waals surface area contributed by atoms with Crippen molar-refractivity contribution in [3.63, 3.8) is 0 Å². The fourth-order valence-electron chi connectivity index (χ4n) is 3.45. The number of hydrogen-bond donors (Lipinski definition) is 0. The van der Waals surface area contributed by atoms with Gasteiger partial charge in [0.15, 0.2) is 0 Å². The summed E-state index contributed by atoms with van der Waals surface area (Å²) < 4.78 is 4.89. The lowest BCUT2D eigenvalue weighted by atomic mass is 9.92. The number of likely N-dealkylation sites (tertiary alicyclic amines) is 1. The highest BCUT2D eigenvalue weighted by Gasteiger charge is 2.21. The van der Waals surface area contributed by atoms with Crippen molar-refractivity contribution in [1.82, 2.24) is 15.0 Å². The van der Waals surface area contributed by atoms with Gasteiger partial charge in [0, 0.05) is 32.6 Å². The molecule has 1 aliphatic rings. The zero-order valence-corrected chi connectivity index (χ0v) is 14.9. The van der Waals surface area contributed by atoms with Gasteiger partial charge in [-0.25, -0.2) is 0 Å². The predicted molar refractivity (Wildman–Crippen MR) is 96.7 cm³/mol. The van der Waals surface area contributed by atoms with Crippen LogP contribution < -0.4 is 0 Å². The Labute approximate surface area is 149 Å². The summed E-state index contributed by atoms with van der Waals surface area (Å²) in [4.78, 5) is 16.6. The molecule has 1 amide bonds.